The van der Waals surface area contributed by atoms with E-state index >= 15 is 0 Å². The zero-order valence-electron chi connectivity index (χ0n) is 18.3. The van der Waals surface area contributed by atoms with Crippen LogP contribution in [0.1, 0.15) is 16.7 Å². The molecule has 1 heterocycles. The fraction of sp³-hybridized carbons (Fsp3) is 0.115. The number of nitrogens with one attached hydrogen (secondary N) is 1. The first-order valence-corrected chi connectivity index (χ1v) is 12.1. The van der Waals surface area contributed by atoms with Gasteiger partial charge in [0.05, 0.1) is 11.4 Å². The quantitative estimate of drug-likeness (QED) is 0.310. The maximum Gasteiger partial charge on any atom is 0.266 e. The van der Waals surface area contributed by atoms with Crippen LogP contribution in [0.4, 0.5) is 5.69 Å². The SMILES string of the molecule is Cc1c(Cl)cccc1NC(=O)COc1cccc(/C=C2\SC(=S)N(Cc3ccccc3)C2=O)c1. The lowest BCUT2D eigenvalue weighted by atomic mass is 10.2. The molecule has 1 N–H and O–H groups in total. The second kappa shape index (κ2) is 10.9. The Labute approximate surface area is 212 Å². The summed E-state index contributed by atoms with van der Waals surface area (Å²) < 4.78 is 6.19. The summed E-state index contributed by atoms with van der Waals surface area (Å²) in [5.41, 5.74) is 3.24. The molecule has 1 saturated heterocycles. The Hall–Kier alpha value is -3.13. The van der Waals surface area contributed by atoms with Crippen molar-refractivity contribution in [2.45, 2.75) is 13.5 Å². The first-order chi connectivity index (χ1) is 16.4. The molecule has 0 saturated carbocycles. The summed E-state index contributed by atoms with van der Waals surface area (Å²) in [5.74, 6) is 0.102. The molecule has 172 valence electrons. The third kappa shape index (κ3) is 5.86. The summed E-state index contributed by atoms with van der Waals surface area (Å²) >= 11 is 12.8. The molecule has 0 bridgehead atoms. The van der Waals surface area contributed by atoms with Gasteiger partial charge in [-0.2, -0.15) is 0 Å². The topological polar surface area (TPSA) is 58.6 Å². The number of hydrogen-bond acceptors (Lipinski definition) is 5. The summed E-state index contributed by atoms with van der Waals surface area (Å²) in [6, 6.07) is 22.3. The minimum atomic E-state index is -0.294. The molecule has 0 aromatic heterocycles. The maximum atomic E-state index is 12.9. The number of thiocarbonyl (C=S) groups is 1. The molecule has 1 aliphatic heterocycles. The van der Waals surface area contributed by atoms with Crippen molar-refractivity contribution in [3.8, 4) is 5.75 Å². The van der Waals surface area contributed by atoms with Gasteiger partial charge in [-0.25, -0.2) is 0 Å². The van der Waals surface area contributed by atoms with Gasteiger partial charge in [-0.3, -0.25) is 14.5 Å². The van der Waals surface area contributed by atoms with Gasteiger partial charge in [0.15, 0.2) is 6.61 Å². The number of rotatable bonds is 7. The summed E-state index contributed by atoms with van der Waals surface area (Å²) in [7, 11) is 0. The van der Waals surface area contributed by atoms with Crippen molar-refractivity contribution in [1.82, 2.24) is 4.90 Å². The van der Waals surface area contributed by atoms with Crippen molar-refractivity contribution < 1.29 is 14.3 Å². The van der Waals surface area contributed by atoms with E-state index in [0.717, 1.165) is 16.7 Å². The van der Waals surface area contributed by atoms with E-state index < -0.39 is 0 Å². The molecule has 0 spiro atoms. The molecule has 0 atom stereocenters. The number of anilines is 1. The van der Waals surface area contributed by atoms with Gasteiger partial charge in [0.25, 0.3) is 11.8 Å². The molecule has 2 amide bonds. The van der Waals surface area contributed by atoms with Crippen LogP contribution in [-0.2, 0) is 16.1 Å². The first-order valence-electron chi connectivity index (χ1n) is 10.5. The number of benzene rings is 3. The van der Waals surface area contributed by atoms with Crippen molar-refractivity contribution in [3.05, 3.63) is 99.4 Å². The number of hydrogen-bond donors (Lipinski definition) is 1. The lowest BCUT2D eigenvalue weighted by molar-refractivity contribution is -0.122. The zero-order valence-corrected chi connectivity index (χ0v) is 20.7. The fourth-order valence-corrected chi connectivity index (χ4v) is 4.76. The average Bonchev–Trinajstić information content (AvgIpc) is 3.09. The molecule has 5 nitrogen and oxygen atoms in total. The van der Waals surface area contributed by atoms with E-state index in [1.54, 1.807) is 41.3 Å². The lowest BCUT2D eigenvalue weighted by Gasteiger charge is -2.14. The van der Waals surface area contributed by atoms with Crippen LogP contribution in [0.5, 0.6) is 5.75 Å². The van der Waals surface area contributed by atoms with Crippen molar-refractivity contribution in [1.29, 1.82) is 0 Å². The molecule has 1 fully saturated rings. The molecule has 8 heteroatoms. The van der Waals surface area contributed by atoms with E-state index in [1.807, 2.05) is 49.4 Å². The molecule has 3 aromatic carbocycles. The van der Waals surface area contributed by atoms with Crippen LogP contribution >= 0.6 is 35.6 Å². The summed E-state index contributed by atoms with van der Waals surface area (Å²) in [4.78, 5) is 27.4. The fourth-order valence-electron chi connectivity index (χ4n) is 3.33. The molecule has 4 rings (SSSR count). The highest BCUT2D eigenvalue weighted by Gasteiger charge is 2.31. The third-order valence-corrected chi connectivity index (χ3v) is 6.91. The van der Waals surface area contributed by atoms with Gasteiger partial charge in [-0.15, -0.1) is 0 Å². The number of thioether (sulfide) groups is 1. The Morgan fingerprint density at radius 2 is 1.88 bits per heavy atom. The maximum absolute atomic E-state index is 12.9. The van der Waals surface area contributed by atoms with Crippen LogP contribution in [-0.4, -0.2) is 27.6 Å². The second-order valence-electron chi connectivity index (χ2n) is 7.58. The Morgan fingerprint density at radius 3 is 2.68 bits per heavy atom. The third-order valence-electron chi connectivity index (χ3n) is 5.12. The van der Waals surface area contributed by atoms with Crippen LogP contribution in [0.2, 0.25) is 5.02 Å². The van der Waals surface area contributed by atoms with Crippen molar-refractivity contribution in [2.24, 2.45) is 0 Å². The Kier molecular flexibility index (Phi) is 7.67. The van der Waals surface area contributed by atoms with E-state index in [2.05, 4.69) is 5.32 Å². The van der Waals surface area contributed by atoms with Gasteiger partial charge in [0, 0.05) is 10.7 Å². The summed E-state index contributed by atoms with van der Waals surface area (Å²) in [6.45, 7) is 2.12. The number of carbonyl (C=O) groups is 2. The molecule has 3 aromatic rings. The average molecular weight is 509 g/mol. The predicted molar refractivity (Wildman–Crippen MR) is 142 cm³/mol. The van der Waals surface area contributed by atoms with Crippen LogP contribution < -0.4 is 10.1 Å². The largest absolute Gasteiger partial charge is 0.484 e. The van der Waals surface area contributed by atoms with Crippen molar-refractivity contribution in [3.63, 3.8) is 0 Å². The Bertz CT molecular complexity index is 1280. The van der Waals surface area contributed by atoms with E-state index in [4.69, 9.17) is 28.6 Å². The van der Waals surface area contributed by atoms with Crippen molar-refractivity contribution >= 4 is 63.5 Å². The van der Waals surface area contributed by atoms with E-state index in [0.29, 0.717) is 32.2 Å². The highest BCUT2D eigenvalue weighted by Crippen LogP contribution is 2.34. The van der Waals surface area contributed by atoms with Gasteiger partial charge < -0.3 is 10.1 Å². The van der Waals surface area contributed by atoms with Gasteiger partial charge in [-0.05, 0) is 54.0 Å². The number of amides is 2. The second-order valence-corrected chi connectivity index (χ2v) is 9.66. The van der Waals surface area contributed by atoms with E-state index in [-0.39, 0.29) is 18.4 Å². The number of ether oxygens (including phenoxy) is 1. The summed E-state index contributed by atoms with van der Waals surface area (Å²) in [6.07, 6.45) is 1.78. The van der Waals surface area contributed by atoms with E-state index in [1.165, 1.54) is 11.8 Å². The van der Waals surface area contributed by atoms with Gasteiger partial charge >= 0.3 is 0 Å². The summed E-state index contributed by atoms with van der Waals surface area (Å²) in [5, 5.41) is 3.39. The van der Waals surface area contributed by atoms with Crippen LogP contribution in [0.15, 0.2) is 77.7 Å². The predicted octanol–water partition coefficient (Wildman–Crippen LogP) is 6.07. The van der Waals surface area contributed by atoms with Crippen LogP contribution in [0.25, 0.3) is 6.08 Å². The standard InChI is InChI=1S/C26H21ClN2O3S2/c1-17-21(27)11-6-12-22(17)28-24(30)16-32-20-10-5-9-19(13-20)14-23-25(31)29(26(33)34-23)15-18-7-3-2-4-8-18/h2-14H,15-16H2,1H3,(H,28,30)/b23-14-. The normalized spacial score (nSPS) is 14.5. The van der Waals surface area contributed by atoms with Crippen LogP contribution in [0.3, 0.4) is 0 Å². The zero-order chi connectivity index (χ0) is 24.1. The Balaban J connectivity index is 1.39. The van der Waals surface area contributed by atoms with Gasteiger partial charge in [0.1, 0.15) is 10.1 Å². The molecule has 0 aliphatic carbocycles. The molecule has 0 unspecified atom stereocenters. The highest BCUT2D eigenvalue weighted by atomic mass is 35.5. The number of carbonyl (C=O) groups excluding carboxylic acids is 2. The van der Waals surface area contributed by atoms with Gasteiger partial charge in [0.2, 0.25) is 0 Å². The lowest BCUT2D eigenvalue weighted by Crippen LogP contribution is -2.27. The minimum absolute atomic E-state index is 0.124. The molecule has 0 radical (unpaired) electrons. The first kappa shape index (κ1) is 24.0. The number of halogens is 1. The van der Waals surface area contributed by atoms with Crippen molar-refractivity contribution in [2.75, 3.05) is 11.9 Å². The molecular weight excluding hydrogens is 488 g/mol. The molecular formula is C26H21ClN2O3S2. The van der Waals surface area contributed by atoms with E-state index in [9.17, 15) is 9.59 Å². The minimum Gasteiger partial charge on any atom is -0.484 e. The Morgan fingerprint density at radius 1 is 1.12 bits per heavy atom. The smallest absolute Gasteiger partial charge is 0.266 e. The molecule has 34 heavy (non-hydrogen) atoms. The number of nitrogens with zero attached hydrogens (tertiary/aromatic N) is 1. The monoisotopic (exact) mass is 508 g/mol. The molecule has 1 aliphatic rings. The van der Waals surface area contributed by atoms with Gasteiger partial charge in [-0.1, -0.05) is 84.1 Å². The van der Waals surface area contributed by atoms with Crippen LogP contribution in [0, 0.1) is 6.92 Å². The highest BCUT2D eigenvalue weighted by molar-refractivity contribution is 8.26.